The predicted molar refractivity (Wildman–Crippen MR) is 96.9 cm³/mol. The molecule has 3 aromatic rings. The standard InChI is InChI=1S/C20H22N4O/c1-15-4-6-16(7-5-15)19-13-23-20(25-19)14-24-10-9-22-12-18(24)17-3-2-8-21-11-17/h2-8,11,13,18,22H,9-10,12,14H2,1H3. The molecule has 1 N–H and O–H groups in total. The van der Waals surface area contributed by atoms with Crippen LogP contribution in [0.1, 0.15) is 23.1 Å². The number of hydrogen-bond acceptors (Lipinski definition) is 5. The fourth-order valence-electron chi connectivity index (χ4n) is 3.25. The molecule has 0 amide bonds. The summed E-state index contributed by atoms with van der Waals surface area (Å²) in [4.78, 5) is 11.2. The van der Waals surface area contributed by atoms with Gasteiger partial charge in [0.05, 0.1) is 12.7 Å². The number of piperazine rings is 1. The Kier molecular flexibility index (Phi) is 4.59. The summed E-state index contributed by atoms with van der Waals surface area (Å²) in [5.41, 5.74) is 3.53. The Morgan fingerprint density at radius 2 is 2.08 bits per heavy atom. The van der Waals surface area contributed by atoms with Crippen LogP contribution < -0.4 is 5.32 Å². The van der Waals surface area contributed by atoms with E-state index in [1.807, 2.05) is 24.7 Å². The Labute approximate surface area is 147 Å². The van der Waals surface area contributed by atoms with Crippen LogP contribution in [-0.2, 0) is 6.54 Å². The van der Waals surface area contributed by atoms with Crippen molar-refractivity contribution in [3.63, 3.8) is 0 Å². The predicted octanol–water partition coefficient (Wildman–Crippen LogP) is 3.19. The zero-order chi connectivity index (χ0) is 17.1. The van der Waals surface area contributed by atoms with Gasteiger partial charge in [-0.2, -0.15) is 0 Å². The molecule has 1 aromatic carbocycles. The third-order valence-electron chi connectivity index (χ3n) is 4.65. The summed E-state index contributed by atoms with van der Waals surface area (Å²) in [5, 5.41) is 3.46. The van der Waals surface area contributed by atoms with Gasteiger partial charge in [0.15, 0.2) is 5.76 Å². The highest BCUT2D eigenvalue weighted by Gasteiger charge is 2.25. The molecular formula is C20H22N4O. The Balaban J connectivity index is 1.51. The SMILES string of the molecule is Cc1ccc(-c2cnc(CN3CCNCC3c3cccnc3)o2)cc1. The van der Waals surface area contributed by atoms with Crippen molar-refractivity contribution in [1.29, 1.82) is 0 Å². The summed E-state index contributed by atoms with van der Waals surface area (Å²) in [6.07, 6.45) is 5.57. The summed E-state index contributed by atoms with van der Waals surface area (Å²) in [5.74, 6) is 1.58. The molecule has 0 aliphatic carbocycles. The van der Waals surface area contributed by atoms with Crippen LogP contribution in [0.3, 0.4) is 0 Å². The molecular weight excluding hydrogens is 312 g/mol. The van der Waals surface area contributed by atoms with Crippen LogP contribution >= 0.6 is 0 Å². The van der Waals surface area contributed by atoms with Crippen molar-refractivity contribution in [2.45, 2.75) is 19.5 Å². The van der Waals surface area contributed by atoms with Crippen molar-refractivity contribution in [2.24, 2.45) is 0 Å². The van der Waals surface area contributed by atoms with E-state index in [2.05, 4.69) is 57.4 Å². The fraction of sp³-hybridized carbons (Fsp3) is 0.300. The Hall–Kier alpha value is -2.50. The van der Waals surface area contributed by atoms with Crippen LogP contribution in [0.25, 0.3) is 11.3 Å². The zero-order valence-corrected chi connectivity index (χ0v) is 14.4. The first-order valence-electron chi connectivity index (χ1n) is 8.66. The van der Waals surface area contributed by atoms with Gasteiger partial charge in [0.1, 0.15) is 0 Å². The van der Waals surface area contributed by atoms with E-state index in [4.69, 9.17) is 4.42 Å². The minimum atomic E-state index is 0.289. The van der Waals surface area contributed by atoms with Crippen molar-refractivity contribution in [3.05, 3.63) is 72.0 Å². The lowest BCUT2D eigenvalue weighted by molar-refractivity contribution is 0.140. The topological polar surface area (TPSA) is 54.2 Å². The number of pyridine rings is 1. The van der Waals surface area contributed by atoms with Gasteiger partial charge in [-0.15, -0.1) is 0 Å². The molecule has 5 heteroatoms. The molecule has 0 saturated carbocycles. The van der Waals surface area contributed by atoms with E-state index < -0.39 is 0 Å². The van der Waals surface area contributed by atoms with Gasteiger partial charge < -0.3 is 9.73 Å². The van der Waals surface area contributed by atoms with E-state index in [1.54, 1.807) is 0 Å². The number of hydrogen-bond donors (Lipinski definition) is 1. The summed E-state index contributed by atoms with van der Waals surface area (Å²) < 4.78 is 6.01. The van der Waals surface area contributed by atoms with Crippen LogP contribution in [-0.4, -0.2) is 34.5 Å². The highest BCUT2D eigenvalue weighted by atomic mass is 16.4. The van der Waals surface area contributed by atoms with Gasteiger partial charge in [0.2, 0.25) is 5.89 Å². The number of nitrogens with zero attached hydrogens (tertiary/aromatic N) is 3. The van der Waals surface area contributed by atoms with Crippen LogP contribution in [0.4, 0.5) is 0 Å². The summed E-state index contributed by atoms with van der Waals surface area (Å²) in [6.45, 7) is 5.63. The quantitative estimate of drug-likeness (QED) is 0.794. The van der Waals surface area contributed by atoms with Crippen molar-refractivity contribution in [3.8, 4) is 11.3 Å². The van der Waals surface area contributed by atoms with Crippen LogP contribution in [0.15, 0.2) is 59.4 Å². The van der Waals surface area contributed by atoms with E-state index >= 15 is 0 Å². The average molecular weight is 334 g/mol. The zero-order valence-electron chi connectivity index (χ0n) is 14.4. The molecule has 128 valence electrons. The third-order valence-corrected chi connectivity index (χ3v) is 4.65. The maximum absolute atomic E-state index is 6.01. The molecule has 1 saturated heterocycles. The number of aromatic nitrogens is 2. The first-order valence-corrected chi connectivity index (χ1v) is 8.66. The minimum absolute atomic E-state index is 0.289. The second kappa shape index (κ2) is 7.17. The van der Waals surface area contributed by atoms with E-state index in [9.17, 15) is 0 Å². The van der Waals surface area contributed by atoms with Gasteiger partial charge in [0, 0.05) is 43.6 Å². The van der Waals surface area contributed by atoms with Gasteiger partial charge in [-0.25, -0.2) is 4.98 Å². The minimum Gasteiger partial charge on any atom is -0.439 e. The Morgan fingerprint density at radius 3 is 2.88 bits per heavy atom. The van der Waals surface area contributed by atoms with E-state index in [-0.39, 0.29) is 6.04 Å². The largest absolute Gasteiger partial charge is 0.439 e. The molecule has 2 aromatic heterocycles. The second-order valence-electron chi connectivity index (χ2n) is 6.46. The van der Waals surface area contributed by atoms with Crippen molar-refractivity contribution < 1.29 is 4.42 Å². The lowest BCUT2D eigenvalue weighted by Gasteiger charge is -2.35. The summed E-state index contributed by atoms with van der Waals surface area (Å²) in [6, 6.07) is 12.7. The van der Waals surface area contributed by atoms with Gasteiger partial charge >= 0.3 is 0 Å². The third kappa shape index (κ3) is 3.62. The Morgan fingerprint density at radius 1 is 1.20 bits per heavy atom. The van der Waals surface area contributed by atoms with Crippen molar-refractivity contribution >= 4 is 0 Å². The Bertz CT molecular complexity index is 813. The van der Waals surface area contributed by atoms with E-state index in [0.717, 1.165) is 36.8 Å². The normalized spacial score (nSPS) is 18.4. The first-order chi connectivity index (χ1) is 12.3. The lowest BCUT2D eigenvalue weighted by atomic mass is 10.1. The van der Waals surface area contributed by atoms with Gasteiger partial charge in [0.25, 0.3) is 0 Å². The average Bonchev–Trinajstić information content (AvgIpc) is 3.12. The van der Waals surface area contributed by atoms with Gasteiger partial charge in [-0.05, 0) is 18.6 Å². The molecule has 1 atom stereocenters. The van der Waals surface area contributed by atoms with Crippen LogP contribution in [0.2, 0.25) is 0 Å². The second-order valence-corrected chi connectivity index (χ2v) is 6.46. The number of aryl methyl sites for hydroxylation is 1. The van der Waals surface area contributed by atoms with Crippen LogP contribution in [0.5, 0.6) is 0 Å². The molecule has 1 fully saturated rings. The molecule has 1 unspecified atom stereocenters. The molecule has 0 bridgehead atoms. The summed E-state index contributed by atoms with van der Waals surface area (Å²) >= 11 is 0. The van der Waals surface area contributed by atoms with Crippen LogP contribution in [0, 0.1) is 6.92 Å². The first kappa shape index (κ1) is 16.0. The number of oxazole rings is 1. The number of rotatable bonds is 4. The maximum atomic E-state index is 6.01. The molecule has 1 aliphatic heterocycles. The monoisotopic (exact) mass is 334 g/mol. The number of nitrogens with one attached hydrogen (secondary N) is 1. The van der Waals surface area contributed by atoms with Crippen molar-refractivity contribution in [2.75, 3.05) is 19.6 Å². The smallest absolute Gasteiger partial charge is 0.209 e. The van der Waals surface area contributed by atoms with E-state index in [1.165, 1.54) is 11.1 Å². The van der Waals surface area contributed by atoms with E-state index in [0.29, 0.717) is 6.54 Å². The fourth-order valence-corrected chi connectivity index (χ4v) is 3.25. The molecule has 1 aliphatic rings. The number of benzene rings is 1. The lowest BCUT2D eigenvalue weighted by Crippen LogP contribution is -2.45. The molecule has 4 rings (SSSR count). The molecule has 5 nitrogen and oxygen atoms in total. The highest BCUT2D eigenvalue weighted by molar-refractivity contribution is 5.56. The van der Waals surface area contributed by atoms with Gasteiger partial charge in [-0.3, -0.25) is 9.88 Å². The van der Waals surface area contributed by atoms with Gasteiger partial charge in [-0.1, -0.05) is 35.9 Å². The van der Waals surface area contributed by atoms with Crippen molar-refractivity contribution in [1.82, 2.24) is 20.2 Å². The molecule has 3 heterocycles. The molecule has 25 heavy (non-hydrogen) atoms. The molecule has 0 radical (unpaired) electrons. The summed E-state index contributed by atoms with van der Waals surface area (Å²) in [7, 11) is 0. The maximum Gasteiger partial charge on any atom is 0.209 e. The highest BCUT2D eigenvalue weighted by Crippen LogP contribution is 2.25. The molecule has 0 spiro atoms.